The van der Waals surface area contributed by atoms with Gasteiger partial charge in [-0.15, -0.1) is 11.3 Å². The summed E-state index contributed by atoms with van der Waals surface area (Å²) in [7, 11) is 1.40. The summed E-state index contributed by atoms with van der Waals surface area (Å²) in [5.74, 6) is -0.340. The zero-order valence-electron chi connectivity index (χ0n) is 14.4. The number of aromatic nitrogens is 2. The van der Waals surface area contributed by atoms with E-state index in [4.69, 9.17) is 9.47 Å². The van der Waals surface area contributed by atoms with Crippen LogP contribution in [0.4, 0.5) is 5.69 Å². The Morgan fingerprint density at radius 2 is 2.08 bits per heavy atom. The van der Waals surface area contributed by atoms with Crippen LogP contribution in [-0.2, 0) is 16.1 Å². The quantitative estimate of drug-likeness (QED) is 0.625. The highest BCUT2D eigenvalue weighted by atomic mass is 32.1. The van der Waals surface area contributed by atoms with Crippen molar-refractivity contribution in [3.8, 4) is 5.69 Å². The topological polar surface area (TPSA) is 56.6 Å². The van der Waals surface area contributed by atoms with E-state index >= 15 is 0 Å². The molecule has 0 N–H and O–H groups in total. The summed E-state index contributed by atoms with van der Waals surface area (Å²) in [6.07, 6.45) is 4.03. The average Bonchev–Trinajstić information content (AvgIpc) is 3.33. The van der Waals surface area contributed by atoms with Gasteiger partial charge in [0, 0.05) is 30.9 Å². The summed E-state index contributed by atoms with van der Waals surface area (Å²) in [5, 5.41) is 2.00. The SMILES string of the molecule is COC(=O)c1cccc(N2CC(OCc3cscn3)C2)c1-n1cccc1. The van der Waals surface area contributed by atoms with Crippen LogP contribution in [0.3, 0.4) is 0 Å². The lowest BCUT2D eigenvalue weighted by Crippen LogP contribution is -2.52. The molecule has 2 aromatic heterocycles. The summed E-state index contributed by atoms with van der Waals surface area (Å²) in [5.41, 5.74) is 5.16. The van der Waals surface area contributed by atoms with E-state index in [1.807, 2.05) is 52.1 Å². The summed E-state index contributed by atoms with van der Waals surface area (Å²) in [6.45, 7) is 2.10. The molecule has 0 radical (unpaired) electrons. The first-order valence-corrected chi connectivity index (χ1v) is 9.29. The highest BCUT2D eigenvalue weighted by Crippen LogP contribution is 2.32. The van der Waals surface area contributed by atoms with Gasteiger partial charge < -0.3 is 18.9 Å². The number of rotatable bonds is 6. The molecule has 1 fully saturated rings. The summed E-state index contributed by atoms with van der Waals surface area (Å²) < 4.78 is 12.8. The van der Waals surface area contributed by atoms with Crippen molar-refractivity contribution < 1.29 is 14.3 Å². The van der Waals surface area contributed by atoms with Crippen LogP contribution < -0.4 is 4.90 Å². The van der Waals surface area contributed by atoms with E-state index in [1.54, 1.807) is 17.4 Å². The second-order valence-electron chi connectivity index (χ2n) is 6.07. The van der Waals surface area contributed by atoms with Crippen LogP contribution in [0.15, 0.2) is 53.6 Å². The first kappa shape index (κ1) is 16.8. The molecule has 0 saturated carbocycles. The van der Waals surface area contributed by atoms with Crippen molar-refractivity contribution in [3.05, 3.63) is 64.9 Å². The molecule has 1 aliphatic heterocycles. The van der Waals surface area contributed by atoms with Crippen LogP contribution in [0.1, 0.15) is 16.1 Å². The van der Waals surface area contributed by atoms with Gasteiger partial charge in [-0.3, -0.25) is 0 Å². The number of carbonyl (C=O) groups is 1. The number of nitrogens with zero attached hydrogens (tertiary/aromatic N) is 3. The third kappa shape index (κ3) is 3.23. The number of anilines is 1. The molecule has 7 heteroatoms. The molecule has 26 heavy (non-hydrogen) atoms. The fourth-order valence-electron chi connectivity index (χ4n) is 3.07. The number of carbonyl (C=O) groups excluding carboxylic acids is 1. The van der Waals surface area contributed by atoms with E-state index in [1.165, 1.54) is 7.11 Å². The molecule has 1 aliphatic rings. The van der Waals surface area contributed by atoms with E-state index in [9.17, 15) is 4.79 Å². The number of esters is 1. The van der Waals surface area contributed by atoms with E-state index < -0.39 is 0 Å². The van der Waals surface area contributed by atoms with Gasteiger partial charge in [0.15, 0.2) is 0 Å². The van der Waals surface area contributed by atoms with Gasteiger partial charge >= 0.3 is 5.97 Å². The van der Waals surface area contributed by atoms with Crippen LogP contribution in [0, 0.1) is 0 Å². The maximum Gasteiger partial charge on any atom is 0.340 e. The van der Waals surface area contributed by atoms with E-state index in [0.717, 1.165) is 30.2 Å². The molecular formula is C19H19N3O3S. The van der Waals surface area contributed by atoms with Crippen LogP contribution in [0.2, 0.25) is 0 Å². The second-order valence-corrected chi connectivity index (χ2v) is 6.79. The maximum absolute atomic E-state index is 12.2. The van der Waals surface area contributed by atoms with Gasteiger partial charge in [0.25, 0.3) is 0 Å². The normalized spacial score (nSPS) is 14.3. The molecule has 6 nitrogen and oxygen atoms in total. The Bertz CT molecular complexity index is 872. The largest absolute Gasteiger partial charge is 0.465 e. The number of hydrogen-bond acceptors (Lipinski definition) is 6. The number of para-hydroxylation sites is 1. The standard InChI is InChI=1S/C19H19N3O3S/c1-24-19(23)16-5-4-6-17(18(16)21-7-2-3-8-21)22-9-15(10-22)25-11-14-12-26-13-20-14/h2-8,12-13,15H,9-11H2,1H3. The van der Waals surface area contributed by atoms with Crippen molar-refractivity contribution in [2.24, 2.45) is 0 Å². The fourth-order valence-corrected chi connectivity index (χ4v) is 3.61. The van der Waals surface area contributed by atoms with Crippen LogP contribution >= 0.6 is 11.3 Å². The summed E-state index contributed by atoms with van der Waals surface area (Å²) in [6, 6.07) is 9.58. The molecule has 134 valence electrons. The van der Waals surface area contributed by atoms with Crippen LogP contribution in [0.5, 0.6) is 0 Å². The fraction of sp³-hybridized carbons (Fsp3) is 0.263. The van der Waals surface area contributed by atoms with Crippen LogP contribution in [0.25, 0.3) is 5.69 Å². The number of methoxy groups -OCH3 is 1. The van der Waals surface area contributed by atoms with Gasteiger partial charge in [0.1, 0.15) is 0 Å². The highest BCUT2D eigenvalue weighted by molar-refractivity contribution is 7.07. The minimum absolute atomic E-state index is 0.163. The van der Waals surface area contributed by atoms with Crippen molar-refractivity contribution in [3.63, 3.8) is 0 Å². The molecule has 1 saturated heterocycles. The van der Waals surface area contributed by atoms with Crippen molar-refractivity contribution in [1.29, 1.82) is 0 Å². The average molecular weight is 369 g/mol. The zero-order chi connectivity index (χ0) is 17.9. The third-order valence-electron chi connectivity index (χ3n) is 4.42. The Labute approximate surface area is 155 Å². The molecule has 0 unspecified atom stereocenters. The number of hydrogen-bond donors (Lipinski definition) is 0. The lowest BCUT2D eigenvalue weighted by Gasteiger charge is -2.41. The zero-order valence-corrected chi connectivity index (χ0v) is 15.2. The molecule has 0 atom stereocenters. The minimum atomic E-state index is -0.340. The van der Waals surface area contributed by atoms with E-state index in [0.29, 0.717) is 12.2 Å². The molecule has 3 heterocycles. The predicted molar refractivity (Wildman–Crippen MR) is 100 cm³/mol. The number of benzene rings is 1. The first-order chi connectivity index (χ1) is 12.8. The lowest BCUT2D eigenvalue weighted by molar-refractivity contribution is 0.0210. The van der Waals surface area contributed by atoms with Crippen molar-refractivity contribution in [1.82, 2.24) is 9.55 Å². The predicted octanol–water partition coefficient (Wildman–Crippen LogP) is 3.13. The smallest absolute Gasteiger partial charge is 0.340 e. The summed E-state index contributed by atoms with van der Waals surface area (Å²) >= 11 is 1.57. The van der Waals surface area contributed by atoms with Gasteiger partial charge in [-0.25, -0.2) is 9.78 Å². The molecule has 3 aromatic rings. The van der Waals surface area contributed by atoms with Gasteiger partial charge in [0.05, 0.1) is 48.0 Å². The molecule has 0 spiro atoms. The van der Waals surface area contributed by atoms with Gasteiger partial charge in [-0.2, -0.15) is 0 Å². The van der Waals surface area contributed by atoms with Gasteiger partial charge in [0.2, 0.25) is 0 Å². The Kier molecular flexibility index (Phi) is 4.73. The van der Waals surface area contributed by atoms with Crippen molar-refractivity contribution >= 4 is 23.0 Å². The monoisotopic (exact) mass is 369 g/mol. The van der Waals surface area contributed by atoms with Crippen molar-refractivity contribution in [2.45, 2.75) is 12.7 Å². The Morgan fingerprint density at radius 1 is 1.27 bits per heavy atom. The third-order valence-corrected chi connectivity index (χ3v) is 5.06. The lowest BCUT2D eigenvalue weighted by atomic mass is 10.1. The van der Waals surface area contributed by atoms with Crippen LogP contribution in [-0.4, -0.2) is 41.8 Å². The van der Waals surface area contributed by atoms with Gasteiger partial charge in [-0.05, 0) is 24.3 Å². The number of thiazole rings is 1. The summed E-state index contributed by atoms with van der Waals surface area (Å²) in [4.78, 5) is 18.7. The van der Waals surface area contributed by atoms with Crippen molar-refractivity contribution in [2.75, 3.05) is 25.1 Å². The van der Waals surface area contributed by atoms with E-state index in [2.05, 4.69) is 9.88 Å². The first-order valence-electron chi connectivity index (χ1n) is 8.34. The Hall–Kier alpha value is -2.64. The maximum atomic E-state index is 12.2. The van der Waals surface area contributed by atoms with Gasteiger partial charge in [-0.1, -0.05) is 6.07 Å². The molecule has 1 aromatic carbocycles. The molecule has 0 amide bonds. The Morgan fingerprint density at radius 3 is 2.77 bits per heavy atom. The molecule has 4 rings (SSSR count). The minimum Gasteiger partial charge on any atom is -0.465 e. The highest BCUT2D eigenvalue weighted by Gasteiger charge is 2.31. The molecular weight excluding hydrogens is 350 g/mol. The number of ether oxygens (including phenoxy) is 2. The molecule has 0 aliphatic carbocycles. The van der Waals surface area contributed by atoms with E-state index in [-0.39, 0.29) is 12.1 Å². The Balaban J connectivity index is 1.53. The molecule has 0 bridgehead atoms. The second kappa shape index (κ2) is 7.31.